The highest BCUT2D eigenvalue weighted by Gasteiger charge is 2.19. The molecule has 1 aromatic carbocycles. The molecule has 2 rings (SSSR count). The summed E-state index contributed by atoms with van der Waals surface area (Å²) in [5.41, 5.74) is -0.104. The Bertz CT molecular complexity index is 723. The van der Waals surface area contributed by atoms with Gasteiger partial charge in [0.2, 0.25) is 5.76 Å². The molecule has 2 atom stereocenters. The molecular formula is C14H13ClO6. The first kappa shape index (κ1) is 15.5. The molecule has 2 unspecified atom stereocenters. The Morgan fingerprint density at radius 2 is 2.00 bits per heavy atom. The van der Waals surface area contributed by atoms with E-state index >= 15 is 0 Å². The van der Waals surface area contributed by atoms with E-state index in [1.54, 1.807) is 0 Å². The van der Waals surface area contributed by atoms with Crippen LogP contribution in [0.15, 0.2) is 33.5 Å². The van der Waals surface area contributed by atoms with E-state index in [2.05, 4.69) is 0 Å². The first-order chi connectivity index (χ1) is 9.93. The van der Waals surface area contributed by atoms with E-state index in [4.69, 9.17) is 21.1 Å². The van der Waals surface area contributed by atoms with Crippen LogP contribution in [0.5, 0.6) is 0 Å². The molecule has 1 aromatic heterocycles. The zero-order valence-electron chi connectivity index (χ0n) is 10.8. The Morgan fingerprint density at radius 1 is 1.29 bits per heavy atom. The Balaban J connectivity index is 2.47. The van der Waals surface area contributed by atoms with E-state index in [1.807, 2.05) is 0 Å². The number of alkyl halides is 1. The molecule has 0 aliphatic rings. The number of carboxylic acids is 1. The van der Waals surface area contributed by atoms with Crippen LogP contribution in [0.2, 0.25) is 0 Å². The molecule has 0 bridgehead atoms. The first-order valence-corrected chi connectivity index (χ1v) is 6.70. The lowest BCUT2D eigenvalue weighted by Gasteiger charge is -2.17. The zero-order valence-corrected chi connectivity index (χ0v) is 11.6. The van der Waals surface area contributed by atoms with Crippen molar-refractivity contribution in [2.24, 2.45) is 0 Å². The van der Waals surface area contributed by atoms with Crippen LogP contribution < -0.4 is 5.43 Å². The second kappa shape index (κ2) is 6.26. The Kier molecular flexibility index (Phi) is 4.62. The van der Waals surface area contributed by atoms with Crippen molar-refractivity contribution in [1.29, 1.82) is 0 Å². The summed E-state index contributed by atoms with van der Waals surface area (Å²) in [6, 6.07) is 5.08. The fourth-order valence-corrected chi connectivity index (χ4v) is 2.18. The molecule has 7 heteroatoms. The minimum atomic E-state index is -1.34. The van der Waals surface area contributed by atoms with Crippen molar-refractivity contribution in [1.82, 2.24) is 0 Å². The van der Waals surface area contributed by atoms with Crippen LogP contribution in [-0.2, 0) is 0 Å². The van der Waals surface area contributed by atoms with Crippen LogP contribution in [-0.4, -0.2) is 33.3 Å². The van der Waals surface area contributed by atoms with Crippen molar-refractivity contribution in [3.8, 4) is 0 Å². The molecule has 2 aromatic rings. The van der Waals surface area contributed by atoms with Crippen molar-refractivity contribution in [3.63, 3.8) is 0 Å². The number of benzene rings is 1. The highest BCUT2D eigenvalue weighted by Crippen LogP contribution is 2.23. The Hall–Kier alpha value is -1.89. The molecule has 0 spiro atoms. The predicted octanol–water partition coefficient (Wildman–Crippen LogP) is 1.51. The number of aliphatic hydroxyl groups is 2. The topological polar surface area (TPSA) is 108 Å². The zero-order chi connectivity index (χ0) is 15.6. The number of hydrogen-bond donors (Lipinski definition) is 3. The smallest absolute Gasteiger partial charge is 0.371 e. The van der Waals surface area contributed by atoms with Crippen molar-refractivity contribution >= 4 is 28.5 Å². The molecule has 21 heavy (non-hydrogen) atoms. The van der Waals surface area contributed by atoms with Crippen LogP contribution in [0.1, 0.15) is 28.6 Å². The van der Waals surface area contributed by atoms with E-state index in [-0.39, 0.29) is 23.3 Å². The maximum atomic E-state index is 11.9. The summed E-state index contributed by atoms with van der Waals surface area (Å²) in [5, 5.41) is 28.7. The lowest BCUT2D eigenvalue weighted by atomic mass is 10.0. The third-order valence-electron chi connectivity index (χ3n) is 3.07. The minimum Gasteiger partial charge on any atom is -0.475 e. The summed E-state index contributed by atoms with van der Waals surface area (Å²) >= 11 is 5.50. The fraction of sp³-hybridized carbons (Fsp3) is 0.286. The molecule has 6 nitrogen and oxygen atoms in total. The average molecular weight is 313 g/mol. The largest absolute Gasteiger partial charge is 0.475 e. The van der Waals surface area contributed by atoms with Crippen LogP contribution in [0.25, 0.3) is 11.0 Å². The fourth-order valence-electron chi connectivity index (χ4n) is 1.96. The summed E-state index contributed by atoms with van der Waals surface area (Å²) in [6.07, 6.45) is -2.04. The summed E-state index contributed by atoms with van der Waals surface area (Å²) < 4.78 is 5.08. The molecule has 1 heterocycles. The molecule has 0 saturated carbocycles. The van der Waals surface area contributed by atoms with Gasteiger partial charge in [-0.3, -0.25) is 4.79 Å². The molecular weight excluding hydrogens is 300 g/mol. The van der Waals surface area contributed by atoms with Crippen molar-refractivity contribution in [2.45, 2.75) is 18.6 Å². The summed E-state index contributed by atoms with van der Waals surface area (Å²) in [4.78, 5) is 22.7. The number of carboxylic acid groups (broad SMARTS) is 1. The van der Waals surface area contributed by atoms with Crippen LogP contribution in [0, 0.1) is 0 Å². The van der Waals surface area contributed by atoms with Gasteiger partial charge in [-0.1, -0.05) is 6.07 Å². The highest BCUT2D eigenvalue weighted by molar-refractivity contribution is 6.17. The lowest BCUT2D eigenvalue weighted by molar-refractivity contribution is 0.0170. The lowest BCUT2D eigenvalue weighted by Crippen LogP contribution is -2.19. The first-order valence-electron chi connectivity index (χ1n) is 6.17. The van der Waals surface area contributed by atoms with Crippen LogP contribution in [0.3, 0.4) is 0 Å². The van der Waals surface area contributed by atoms with Gasteiger partial charge in [0, 0.05) is 11.9 Å². The van der Waals surface area contributed by atoms with E-state index in [9.17, 15) is 19.8 Å². The molecule has 0 aliphatic heterocycles. The third-order valence-corrected chi connectivity index (χ3v) is 3.29. The van der Waals surface area contributed by atoms with E-state index < -0.39 is 29.4 Å². The van der Waals surface area contributed by atoms with Crippen LogP contribution >= 0.6 is 11.6 Å². The SMILES string of the molecule is O=C(O)c1cc(=O)c2cc(C(O)C(O)CCCl)ccc2o1. The van der Waals surface area contributed by atoms with Gasteiger partial charge in [-0.05, 0) is 24.1 Å². The quantitative estimate of drug-likeness (QED) is 0.722. The van der Waals surface area contributed by atoms with Gasteiger partial charge in [-0.15, -0.1) is 11.6 Å². The number of fused-ring (bicyclic) bond motifs is 1. The van der Waals surface area contributed by atoms with Crippen molar-refractivity contribution in [3.05, 3.63) is 45.8 Å². The highest BCUT2D eigenvalue weighted by atomic mass is 35.5. The van der Waals surface area contributed by atoms with Gasteiger partial charge < -0.3 is 19.7 Å². The number of hydrogen-bond acceptors (Lipinski definition) is 5. The van der Waals surface area contributed by atoms with Gasteiger partial charge in [0.1, 0.15) is 11.7 Å². The second-order valence-electron chi connectivity index (χ2n) is 4.53. The van der Waals surface area contributed by atoms with E-state index in [1.165, 1.54) is 18.2 Å². The Labute approximate surface area is 124 Å². The number of carbonyl (C=O) groups is 1. The number of rotatable bonds is 5. The van der Waals surface area contributed by atoms with Gasteiger partial charge >= 0.3 is 5.97 Å². The maximum absolute atomic E-state index is 11.9. The normalized spacial score (nSPS) is 14.0. The standard InChI is InChI=1S/C14H13ClO6/c15-4-3-9(16)13(18)7-1-2-11-8(5-7)10(17)6-12(21-11)14(19)20/h1-2,5-6,9,13,16,18H,3-4H2,(H,19,20). The monoisotopic (exact) mass is 312 g/mol. The Morgan fingerprint density at radius 3 is 2.62 bits per heavy atom. The molecule has 0 amide bonds. The molecule has 0 saturated heterocycles. The van der Waals surface area contributed by atoms with Gasteiger partial charge in [0.25, 0.3) is 0 Å². The molecule has 3 N–H and O–H groups in total. The van der Waals surface area contributed by atoms with Gasteiger partial charge in [-0.25, -0.2) is 4.79 Å². The molecule has 0 fully saturated rings. The van der Waals surface area contributed by atoms with E-state index in [0.29, 0.717) is 5.56 Å². The molecule has 0 radical (unpaired) electrons. The van der Waals surface area contributed by atoms with Crippen molar-refractivity contribution < 1.29 is 24.5 Å². The molecule has 112 valence electrons. The average Bonchev–Trinajstić information content (AvgIpc) is 2.46. The van der Waals surface area contributed by atoms with Gasteiger partial charge in [0.15, 0.2) is 5.43 Å². The van der Waals surface area contributed by atoms with Crippen molar-refractivity contribution in [2.75, 3.05) is 5.88 Å². The predicted molar refractivity (Wildman–Crippen MR) is 75.7 cm³/mol. The van der Waals surface area contributed by atoms with E-state index in [0.717, 1.165) is 6.07 Å². The summed E-state index contributed by atoms with van der Waals surface area (Å²) in [5.74, 6) is -1.60. The maximum Gasteiger partial charge on any atom is 0.371 e. The summed E-state index contributed by atoms with van der Waals surface area (Å²) in [7, 11) is 0. The number of aliphatic hydroxyl groups excluding tert-OH is 2. The summed E-state index contributed by atoms with van der Waals surface area (Å²) in [6.45, 7) is 0. The molecule has 0 aliphatic carbocycles. The van der Waals surface area contributed by atoms with Gasteiger partial charge in [-0.2, -0.15) is 0 Å². The second-order valence-corrected chi connectivity index (χ2v) is 4.90. The minimum absolute atomic E-state index is 0.0997. The third kappa shape index (κ3) is 3.24. The number of halogens is 1. The van der Waals surface area contributed by atoms with Gasteiger partial charge in [0.05, 0.1) is 11.5 Å². The van der Waals surface area contributed by atoms with Crippen LogP contribution in [0.4, 0.5) is 0 Å². The number of aromatic carboxylic acids is 1.